The maximum absolute atomic E-state index is 6.46. The van der Waals surface area contributed by atoms with Gasteiger partial charge in [0, 0.05) is 12.1 Å². The van der Waals surface area contributed by atoms with Crippen LogP contribution >= 0.6 is 35.4 Å². The molecule has 2 aromatic heterocycles. The fraction of sp³-hybridized carbons (Fsp3) is 0.294. The summed E-state index contributed by atoms with van der Waals surface area (Å²) >= 11 is 18.0. The van der Waals surface area contributed by atoms with Crippen molar-refractivity contribution in [1.29, 1.82) is 0 Å². The Balaban J connectivity index is 1.98. The number of aromatic nitrogens is 5. The molecular formula is C17H18Cl2N6S. The second kappa shape index (κ2) is 8.16. The molecule has 0 aliphatic carbocycles. The van der Waals surface area contributed by atoms with Gasteiger partial charge in [-0.15, -0.1) is 0 Å². The molecule has 1 N–H and O–H groups in total. The highest BCUT2D eigenvalue weighted by atomic mass is 35.5. The predicted octanol–water partition coefficient (Wildman–Crippen LogP) is 5.10. The van der Waals surface area contributed by atoms with Gasteiger partial charge in [-0.05, 0) is 37.7 Å². The van der Waals surface area contributed by atoms with Crippen molar-refractivity contribution >= 4 is 41.6 Å². The maximum atomic E-state index is 6.46. The molecule has 0 fully saturated rings. The summed E-state index contributed by atoms with van der Waals surface area (Å²) in [6.45, 7) is 4.81. The number of rotatable bonds is 6. The van der Waals surface area contributed by atoms with Crippen LogP contribution in [0.1, 0.15) is 31.0 Å². The van der Waals surface area contributed by atoms with Gasteiger partial charge in [0.1, 0.15) is 5.15 Å². The number of hydrogen-bond donors (Lipinski definition) is 1. The molecule has 0 spiro atoms. The molecule has 3 rings (SSSR count). The first-order chi connectivity index (χ1) is 12.5. The molecule has 0 aliphatic rings. The quantitative estimate of drug-likeness (QED) is 0.455. The van der Waals surface area contributed by atoms with E-state index in [2.05, 4.69) is 27.3 Å². The molecule has 6 nitrogen and oxygen atoms in total. The van der Waals surface area contributed by atoms with Crippen LogP contribution in [0.2, 0.25) is 10.2 Å². The van der Waals surface area contributed by atoms with Crippen LogP contribution in [-0.4, -0.2) is 30.9 Å². The standard InChI is InChI=1S/C17H18Cl2N6S/c1-3-4-9-24-15(19)13(11(2)23-24)10-20-25-16(21-22-17(25)26)12-7-5-6-8-14(12)18/h5-8,10H,3-4,9H2,1-2H3,(H,22,26)/b20-10-. The molecule has 0 radical (unpaired) electrons. The van der Waals surface area contributed by atoms with Crippen LogP contribution in [0.15, 0.2) is 29.4 Å². The number of nitrogens with one attached hydrogen (secondary N) is 1. The monoisotopic (exact) mass is 408 g/mol. The van der Waals surface area contributed by atoms with E-state index in [0.29, 0.717) is 20.8 Å². The fourth-order valence-corrected chi connectivity index (χ4v) is 3.21. The highest BCUT2D eigenvalue weighted by Crippen LogP contribution is 2.26. The summed E-state index contributed by atoms with van der Waals surface area (Å²) in [7, 11) is 0. The number of H-pyrrole nitrogens is 1. The molecule has 1 aromatic carbocycles. The number of aromatic amines is 1. The molecule has 0 amide bonds. The van der Waals surface area contributed by atoms with E-state index in [4.69, 9.17) is 35.4 Å². The molecule has 0 saturated heterocycles. The lowest BCUT2D eigenvalue weighted by Crippen LogP contribution is -2.00. The van der Waals surface area contributed by atoms with E-state index in [0.717, 1.165) is 36.2 Å². The molecule has 3 aromatic rings. The summed E-state index contributed by atoms with van der Waals surface area (Å²) in [6, 6.07) is 7.39. The molecule has 0 bridgehead atoms. The Morgan fingerprint density at radius 3 is 2.81 bits per heavy atom. The van der Waals surface area contributed by atoms with Gasteiger partial charge in [-0.1, -0.05) is 48.7 Å². The van der Waals surface area contributed by atoms with E-state index in [9.17, 15) is 0 Å². The smallest absolute Gasteiger partial charge is 0.216 e. The van der Waals surface area contributed by atoms with Gasteiger partial charge in [0.05, 0.1) is 22.5 Å². The fourth-order valence-electron chi connectivity index (χ4n) is 2.50. The van der Waals surface area contributed by atoms with Gasteiger partial charge in [-0.2, -0.15) is 20.0 Å². The Labute approximate surface area is 166 Å². The lowest BCUT2D eigenvalue weighted by Gasteiger charge is -2.03. The van der Waals surface area contributed by atoms with Gasteiger partial charge in [0.2, 0.25) is 4.77 Å². The van der Waals surface area contributed by atoms with Gasteiger partial charge < -0.3 is 0 Å². The average molecular weight is 409 g/mol. The molecule has 0 aliphatic heterocycles. The van der Waals surface area contributed by atoms with Crippen molar-refractivity contribution in [2.45, 2.75) is 33.2 Å². The third-order valence-electron chi connectivity index (χ3n) is 3.90. The van der Waals surface area contributed by atoms with Crippen molar-refractivity contribution in [1.82, 2.24) is 24.7 Å². The van der Waals surface area contributed by atoms with E-state index in [-0.39, 0.29) is 0 Å². The third-order valence-corrected chi connectivity index (χ3v) is 4.89. The Morgan fingerprint density at radius 1 is 1.31 bits per heavy atom. The van der Waals surface area contributed by atoms with Gasteiger partial charge in [0.15, 0.2) is 5.82 Å². The highest BCUT2D eigenvalue weighted by molar-refractivity contribution is 7.71. The van der Waals surface area contributed by atoms with Crippen molar-refractivity contribution in [2.24, 2.45) is 5.10 Å². The molecule has 0 saturated carbocycles. The van der Waals surface area contributed by atoms with Gasteiger partial charge in [0.25, 0.3) is 0 Å². The highest BCUT2D eigenvalue weighted by Gasteiger charge is 2.14. The van der Waals surface area contributed by atoms with Gasteiger partial charge >= 0.3 is 0 Å². The zero-order chi connectivity index (χ0) is 18.7. The third kappa shape index (κ3) is 3.75. The largest absolute Gasteiger partial charge is 0.253 e. The van der Waals surface area contributed by atoms with Crippen LogP contribution in [0.3, 0.4) is 0 Å². The lowest BCUT2D eigenvalue weighted by molar-refractivity contribution is 0.569. The lowest BCUT2D eigenvalue weighted by atomic mass is 10.2. The van der Waals surface area contributed by atoms with Crippen LogP contribution in [0.4, 0.5) is 0 Å². The van der Waals surface area contributed by atoms with E-state index < -0.39 is 0 Å². The number of hydrogen-bond acceptors (Lipinski definition) is 4. The number of halogens is 2. The second-order valence-electron chi connectivity index (χ2n) is 5.76. The van der Waals surface area contributed by atoms with Crippen molar-refractivity contribution in [3.8, 4) is 11.4 Å². The normalized spacial score (nSPS) is 11.5. The first-order valence-corrected chi connectivity index (χ1v) is 9.39. The molecule has 26 heavy (non-hydrogen) atoms. The van der Waals surface area contributed by atoms with E-state index >= 15 is 0 Å². The predicted molar refractivity (Wildman–Crippen MR) is 108 cm³/mol. The topological polar surface area (TPSA) is 63.8 Å². The first-order valence-electron chi connectivity index (χ1n) is 8.22. The zero-order valence-electron chi connectivity index (χ0n) is 14.4. The van der Waals surface area contributed by atoms with Crippen LogP contribution in [0.25, 0.3) is 11.4 Å². The summed E-state index contributed by atoms with van der Waals surface area (Å²) < 4.78 is 3.68. The van der Waals surface area contributed by atoms with Crippen molar-refractivity contribution in [3.63, 3.8) is 0 Å². The minimum atomic E-state index is 0.364. The SMILES string of the molecule is CCCCn1nc(C)c(/C=N\n2c(-c3ccccc3Cl)n[nH]c2=S)c1Cl. The number of nitrogens with zero attached hydrogens (tertiary/aromatic N) is 5. The molecule has 2 heterocycles. The Hall–Kier alpha value is -1.96. The molecule has 0 unspecified atom stereocenters. The Morgan fingerprint density at radius 2 is 2.08 bits per heavy atom. The molecular weight excluding hydrogens is 391 g/mol. The van der Waals surface area contributed by atoms with E-state index in [1.165, 1.54) is 4.68 Å². The van der Waals surface area contributed by atoms with Crippen LogP contribution in [0.5, 0.6) is 0 Å². The summed E-state index contributed by atoms with van der Waals surface area (Å²) in [5, 5.41) is 17.1. The van der Waals surface area contributed by atoms with Crippen LogP contribution in [0, 0.1) is 11.7 Å². The molecule has 0 atom stereocenters. The van der Waals surface area contributed by atoms with Crippen molar-refractivity contribution in [2.75, 3.05) is 0 Å². The second-order valence-corrected chi connectivity index (χ2v) is 6.91. The zero-order valence-corrected chi connectivity index (χ0v) is 16.7. The van der Waals surface area contributed by atoms with Gasteiger partial charge in [-0.3, -0.25) is 4.68 Å². The summed E-state index contributed by atoms with van der Waals surface area (Å²) in [5.74, 6) is 0.531. The van der Waals surface area contributed by atoms with Crippen molar-refractivity contribution < 1.29 is 0 Å². The maximum Gasteiger partial charge on any atom is 0.216 e. The minimum Gasteiger partial charge on any atom is -0.253 e. The summed E-state index contributed by atoms with van der Waals surface area (Å²) in [4.78, 5) is 0. The average Bonchev–Trinajstić information content (AvgIpc) is 3.11. The van der Waals surface area contributed by atoms with Crippen molar-refractivity contribution in [3.05, 3.63) is 50.5 Å². The van der Waals surface area contributed by atoms with E-state index in [1.54, 1.807) is 17.0 Å². The molecule has 9 heteroatoms. The van der Waals surface area contributed by atoms with E-state index in [1.807, 2.05) is 25.1 Å². The Kier molecular flexibility index (Phi) is 5.90. The summed E-state index contributed by atoms with van der Waals surface area (Å²) in [5.41, 5.74) is 2.31. The van der Waals surface area contributed by atoms with Gasteiger partial charge in [-0.25, -0.2) is 5.10 Å². The molecule has 136 valence electrons. The number of unbranched alkanes of at least 4 members (excludes halogenated alkanes) is 1. The van der Waals surface area contributed by atoms with Crippen LogP contribution in [-0.2, 0) is 6.54 Å². The number of aryl methyl sites for hydroxylation is 2. The van der Waals surface area contributed by atoms with Crippen LogP contribution < -0.4 is 0 Å². The minimum absolute atomic E-state index is 0.364. The first kappa shape index (κ1) is 18.8. The Bertz CT molecular complexity index is 1000. The number of benzene rings is 1. The summed E-state index contributed by atoms with van der Waals surface area (Å²) in [6.07, 6.45) is 3.74.